The van der Waals surface area contributed by atoms with Crippen LogP contribution in [0.5, 0.6) is 0 Å². The van der Waals surface area contributed by atoms with E-state index < -0.39 is 5.97 Å². The Labute approximate surface area is 96.2 Å². The van der Waals surface area contributed by atoms with Gasteiger partial charge in [0.2, 0.25) is 5.01 Å². The number of carbonyl (C=O) groups is 1. The minimum Gasteiger partial charge on any atom is -0.461 e. The van der Waals surface area contributed by atoms with Crippen molar-refractivity contribution in [1.29, 1.82) is 0 Å². The Morgan fingerprint density at radius 2 is 2.25 bits per heavy atom. The van der Waals surface area contributed by atoms with Crippen LogP contribution < -0.4 is 0 Å². The fourth-order valence-corrected chi connectivity index (χ4v) is 1.88. The number of nitrogens with zero attached hydrogens (tertiary/aromatic N) is 3. The number of ether oxygens (including phenoxy) is 1. The number of hydrogen-bond donors (Lipinski definition) is 0. The van der Waals surface area contributed by atoms with E-state index in [9.17, 15) is 4.79 Å². The molecular weight excluding hydrogens is 226 g/mol. The second kappa shape index (κ2) is 4.80. The van der Waals surface area contributed by atoms with Gasteiger partial charge in [-0.15, -0.1) is 11.3 Å². The quantitative estimate of drug-likeness (QED) is 0.759. The topological polar surface area (TPSA) is 65.0 Å². The number of carbonyl (C=O) groups excluding carboxylic acids is 1. The van der Waals surface area contributed by atoms with Crippen LogP contribution in [0.25, 0.3) is 10.6 Å². The summed E-state index contributed by atoms with van der Waals surface area (Å²) in [6.45, 7) is 2.11. The average molecular weight is 235 g/mol. The number of aromatic nitrogens is 3. The first kappa shape index (κ1) is 10.7. The highest BCUT2D eigenvalue weighted by molar-refractivity contribution is 7.16. The van der Waals surface area contributed by atoms with Gasteiger partial charge in [-0.25, -0.2) is 9.78 Å². The third-order valence-corrected chi connectivity index (χ3v) is 2.77. The summed E-state index contributed by atoms with van der Waals surface area (Å²) < 4.78 is 4.85. The number of esters is 1. The average Bonchev–Trinajstić information content (AvgIpc) is 2.80. The van der Waals surface area contributed by atoms with Crippen LogP contribution >= 0.6 is 11.3 Å². The molecule has 6 heteroatoms. The summed E-state index contributed by atoms with van der Waals surface area (Å²) in [7, 11) is 0. The SMILES string of the molecule is CCOC(=O)c1ncc(-c2cnccn2)s1. The molecule has 0 aromatic carbocycles. The molecule has 0 spiro atoms. The van der Waals surface area contributed by atoms with E-state index in [1.54, 1.807) is 31.7 Å². The molecule has 0 unspecified atom stereocenters. The summed E-state index contributed by atoms with van der Waals surface area (Å²) in [5, 5.41) is 0.336. The Bertz CT molecular complexity index is 484. The molecule has 0 bridgehead atoms. The van der Waals surface area contributed by atoms with Gasteiger partial charge in [-0.05, 0) is 6.92 Å². The van der Waals surface area contributed by atoms with Crippen molar-refractivity contribution in [3.8, 4) is 10.6 Å². The molecule has 2 aromatic heterocycles. The molecule has 0 atom stereocenters. The van der Waals surface area contributed by atoms with Crippen molar-refractivity contribution in [2.45, 2.75) is 6.92 Å². The molecule has 0 saturated heterocycles. The van der Waals surface area contributed by atoms with Crippen molar-refractivity contribution < 1.29 is 9.53 Å². The molecule has 0 saturated carbocycles. The highest BCUT2D eigenvalue weighted by Crippen LogP contribution is 2.23. The van der Waals surface area contributed by atoms with Gasteiger partial charge < -0.3 is 4.74 Å². The predicted octanol–water partition coefficient (Wildman–Crippen LogP) is 1.78. The maximum absolute atomic E-state index is 11.4. The summed E-state index contributed by atoms with van der Waals surface area (Å²) >= 11 is 1.25. The van der Waals surface area contributed by atoms with Crippen molar-refractivity contribution in [2.24, 2.45) is 0 Å². The molecule has 0 aliphatic rings. The minimum absolute atomic E-state index is 0.336. The third-order valence-electron chi connectivity index (χ3n) is 1.77. The molecule has 0 fully saturated rings. The van der Waals surface area contributed by atoms with Crippen LogP contribution in [0.1, 0.15) is 16.7 Å². The van der Waals surface area contributed by atoms with E-state index in [1.165, 1.54) is 11.3 Å². The molecule has 16 heavy (non-hydrogen) atoms. The van der Waals surface area contributed by atoms with Gasteiger partial charge >= 0.3 is 5.97 Å². The van der Waals surface area contributed by atoms with E-state index in [0.717, 1.165) is 4.88 Å². The molecule has 2 aromatic rings. The van der Waals surface area contributed by atoms with E-state index in [-0.39, 0.29) is 0 Å². The maximum Gasteiger partial charge on any atom is 0.367 e. The standard InChI is InChI=1S/C10H9N3O2S/c1-2-15-10(14)9-13-6-8(16-9)7-5-11-3-4-12-7/h3-6H,2H2,1H3. The molecule has 0 N–H and O–H groups in total. The maximum atomic E-state index is 11.4. The molecule has 0 aliphatic carbocycles. The van der Waals surface area contributed by atoms with E-state index >= 15 is 0 Å². The monoisotopic (exact) mass is 235 g/mol. The lowest BCUT2D eigenvalue weighted by molar-refractivity contribution is 0.0526. The molecular formula is C10H9N3O2S. The van der Waals surface area contributed by atoms with Crippen molar-refractivity contribution in [3.63, 3.8) is 0 Å². The zero-order valence-electron chi connectivity index (χ0n) is 8.58. The number of thiazole rings is 1. The normalized spacial score (nSPS) is 10.1. The number of hydrogen-bond acceptors (Lipinski definition) is 6. The van der Waals surface area contributed by atoms with Gasteiger partial charge in [-0.2, -0.15) is 0 Å². The lowest BCUT2D eigenvalue weighted by Crippen LogP contribution is -2.03. The summed E-state index contributed by atoms with van der Waals surface area (Å²) in [6, 6.07) is 0. The molecule has 82 valence electrons. The van der Waals surface area contributed by atoms with E-state index in [1.807, 2.05) is 0 Å². The second-order valence-electron chi connectivity index (χ2n) is 2.84. The van der Waals surface area contributed by atoms with Crippen LogP contribution in [-0.2, 0) is 4.74 Å². The van der Waals surface area contributed by atoms with Gasteiger partial charge in [0.25, 0.3) is 0 Å². The molecule has 5 nitrogen and oxygen atoms in total. The van der Waals surface area contributed by atoms with Gasteiger partial charge in [0.05, 0.1) is 17.7 Å². The van der Waals surface area contributed by atoms with Gasteiger partial charge in [0, 0.05) is 18.6 Å². The fraction of sp³-hybridized carbons (Fsp3) is 0.200. The van der Waals surface area contributed by atoms with Crippen molar-refractivity contribution in [3.05, 3.63) is 29.8 Å². The Morgan fingerprint density at radius 3 is 2.94 bits per heavy atom. The highest BCUT2D eigenvalue weighted by Gasteiger charge is 2.13. The first-order chi connectivity index (χ1) is 7.81. The van der Waals surface area contributed by atoms with Gasteiger partial charge in [0.1, 0.15) is 5.69 Å². The molecule has 0 radical (unpaired) electrons. The molecule has 2 rings (SSSR count). The van der Waals surface area contributed by atoms with Gasteiger partial charge in [-0.1, -0.05) is 0 Å². The minimum atomic E-state index is -0.400. The summed E-state index contributed by atoms with van der Waals surface area (Å²) in [5.74, 6) is -0.400. The van der Waals surface area contributed by atoms with E-state index in [2.05, 4.69) is 15.0 Å². The Kier molecular flexibility index (Phi) is 3.21. The van der Waals surface area contributed by atoms with Crippen molar-refractivity contribution in [2.75, 3.05) is 6.61 Å². The van der Waals surface area contributed by atoms with E-state index in [0.29, 0.717) is 17.3 Å². The third kappa shape index (κ3) is 2.22. The lowest BCUT2D eigenvalue weighted by atomic mass is 10.4. The van der Waals surface area contributed by atoms with Crippen LogP contribution in [0.3, 0.4) is 0 Å². The summed E-state index contributed by atoms with van der Waals surface area (Å²) in [5.41, 5.74) is 0.704. The predicted molar refractivity (Wildman–Crippen MR) is 59.1 cm³/mol. The van der Waals surface area contributed by atoms with Crippen LogP contribution in [0.2, 0.25) is 0 Å². The van der Waals surface area contributed by atoms with Crippen LogP contribution in [0, 0.1) is 0 Å². The summed E-state index contributed by atoms with van der Waals surface area (Å²) in [6.07, 6.45) is 6.42. The Balaban J connectivity index is 2.23. The molecule has 0 aliphatic heterocycles. The zero-order chi connectivity index (χ0) is 11.4. The lowest BCUT2D eigenvalue weighted by Gasteiger charge is -1.95. The second-order valence-corrected chi connectivity index (χ2v) is 3.87. The van der Waals surface area contributed by atoms with Crippen LogP contribution in [0.15, 0.2) is 24.8 Å². The van der Waals surface area contributed by atoms with Crippen molar-refractivity contribution >= 4 is 17.3 Å². The van der Waals surface area contributed by atoms with E-state index in [4.69, 9.17) is 4.74 Å². The molecule has 0 amide bonds. The summed E-state index contributed by atoms with van der Waals surface area (Å²) in [4.78, 5) is 24.2. The largest absolute Gasteiger partial charge is 0.461 e. The van der Waals surface area contributed by atoms with Crippen LogP contribution in [0.4, 0.5) is 0 Å². The van der Waals surface area contributed by atoms with Crippen molar-refractivity contribution in [1.82, 2.24) is 15.0 Å². The Morgan fingerprint density at radius 1 is 1.38 bits per heavy atom. The first-order valence-corrected chi connectivity index (χ1v) is 5.52. The zero-order valence-corrected chi connectivity index (χ0v) is 9.40. The van der Waals surface area contributed by atoms with Gasteiger partial charge in [0.15, 0.2) is 0 Å². The smallest absolute Gasteiger partial charge is 0.367 e. The van der Waals surface area contributed by atoms with Gasteiger partial charge in [-0.3, -0.25) is 9.97 Å². The highest BCUT2D eigenvalue weighted by atomic mass is 32.1. The van der Waals surface area contributed by atoms with Crippen LogP contribution in [-0.4, -0.2) is 27.5 Å². The first-order valence-electron chi connectivity index (χ1n) is 4.70. The Hall–Kier alpha value is -1.82. The fourth-order valence-electron chi connectivity index (χ4n) is 1.11. The number of rotatable bonds is 3. The molecule has 2 heterocycles.